The number of nitrogens with one attached hydrogen (secondary N) is 1. The van der Waals surface area contributed by atoms with Crippen LogP contribution in [0.5, 0.6) is 0 Å². The molecule has 3 aromatic rings. The summed E-state index contributed by atoms with van der Waals surface area (Å²) in [4.78, 5) is 23.2. The minimum Gasteiger partial charge on any atom is -0.456 e. The predicted octanol–water partition coefficient (Wildman–Crippen LogP) is 4.68. The molecule has 0 aliphatic rings. The summed E-state index contributed by atoms with van der Waals surface area (Å²) >= 11 is 0. The molecule has 0 radical (unpaired) electrons. The number of Topliss-reactive ketones (excluding diaryl/α,β-unsaturated/α-hetero) is 1. The third kappa shape index (κ3) is 5.24. The summed E-state index contributed by atoms with van der Waals surface area (Å²) in [6.45, 7) is 1.55. The van der Waals surface area contributed by atoms with E-state index < -0.39 is 34.8 Å². The van der Waals surface area contributed by atoms with Crippen molar-refractivity contribution in [3.05, 3.63) is 77.0 Å². The third-order valence-electron chi connectivity index (χ3n) is 4.06. The molecule has 1 aromatic carbocycles. The van der Waals surface area contributed by atoms with Gasteiger partial charge in [-0.15, -0.1) is 0 Å². The fraction of sp³-hybridized carbons (Fsp3) is 0.150. The number of furan rings is 1. The molecule has 0 saturated carbocycles. The van der Waals surface area contributed by atoms with E-state index in [-0.39, 0.29) is 23.8 Å². The Labute approximate surface area is 172 Å². The number of hydrogen-bond donors (Lipinski definition) is 1. The highest BCUT2D eigenvalue weighted by Crippen LogP contribution is 2.33. The molecule has 0 fully saturated rings. The summed E-state index contributed by atoms with van der Waals surface area (Å²) in [5.41, 5.74) is -1.98. The fourth-order valence-electron chi connectivity index (χ4n) is 2.59. The van der Waals surface area contributed by atoms with E-state index in [1.54, 1.807) is 6.07 Å². The van der Waals surface area contributed by atoms with Gasteiger partial charge < -0.3 is 9.73 Å². The van der Waals surface area contributed by atoms with Crippen LogP contribution in [0.4, 0.5) is 27.6 Å². The topological polar surface area (TPSA) is 77.1 Å². The number of carbonyl (C=O) groups excluding carboxylic acids is 2. The van der Waals surface area contributed by atoms with Gasteiger partial charge in [0.2, 0.25) is 5.91 Å². The Morgan fingerprint density at radius 1 is 1.16 bits per heavy atom. The second-order valence-electron chi connectivity index (χ2n) is 6.40. The van der Waals surface area contributed by atoms with Gasteiger partial charge >= 0.3 is 6.18 Å². The molecule has 0 spiro atoms. The summed E-state index contributed by atoms with van der Waals surface area (Å²) in [7, 11) is 0. The van der Waals surface area contributed by atoms with Crippen LogP contribution < -0.4 is 5.32 Å². The predicted molar refractivity (Wildman–Crippen MR) is 99.1 cm³/mol. The van der Waals surface area contributed by atoms with E-state index in [2.05, 4.69) is 10.4 Å². The molecule has 162 valence electrons. The van der Waals surface area contributed by atoms with Gasteiger partial charge in [0, 0.05) is 24.8 Å². The van der Waals surface area contributed by atoms with Crippen molar-refractivity contribution in [3.8, 4) is 0 Å². The molecule has 2 heterocycles. The first-order valence-electron chi connectivity index (χ1n) is 8.71. The zero-order valence-corrected chi connectivity index (χ0v) is 15.8. The van der Waals surface area contributed by atoms with E-state index >= 15 is 0 Å². The van der Waals surface area contributed by atoms with Crippen LogP contribution >= 0.6 is 0 Å². The van der Waals surface area contributed by atoms with Gasteiger partial charge in [0.15, 0.2) is 23.2 Å². The average Bonchev–Trinajstić information content (AvgIpc) is 3.32. The Morgan fingerprint density at radius 3 is 2.55 bits per heavy atom. The van der Waals surface area contributed by atoms with Crippen molar-refractivity contribution in [2.75, 3.05) is 5.32 Å². The number of benzene rings is 1. The van der Waals surface area contributed by atoms with Gasteiger partial charge in [-0.25, -0.2) is 8.78 Å². The lowest BCUT2D eigenvalue weighted by Crippen LogP contribution is -2.10. The van der Waals surface area contributed by atoms with Crippen molar-refractivity contribution < 1.29 is 36.0 Å². The minimum absolute atomic E-state index is 0.190. The summed E-state index contributed by atoms with van der Waals surface area (Å²) in [6.07, 6.45) is -0.564. The van der Waals surface area contributed by atoms with E-state index in [1.807, 2.05) is 0 Å². The summed E-state index contributed by atoms with van der Waals surface area (Å²) in [6, 6.07) is 4.25. The number of nitrogens with zero attached hydrogens (tertiary/aromatic N) is 2. The van der Waals surface area contributed by atoms with Crippen molar-refractivity contribution in [2.45, 2.75) is 19.6 Å². The molecule has 2 aromatic heterocycles. The number of aromatic nitrogens is 2. The van der Waals surface area contributed by atoms with Crippen molar-refractivity contribution in [3.63, 3.8) is 0 Å². The van der Waals surface area contributed by atoms with E-state index in [0.29, 0.717) is 11.8 Å². The summed E-state index contributed by atoms with van der Waals surface area (Å²) in [5.74, 6) is -4.05. The first-order valence-corrected chi connectivity index (χ1v) is 8.71. The maximum absolute atomic E-state index is 13.8. The number of alkyl halides is 3. The molecule has 0 aliphatic carbocycles. The molecule has 31 heavy (non-hydrogen) atoms. The van der Waals surface area contributed by atoms with E-state index in [9.17, 15) is 31.5 Å². The maximum Gasteiger partial charge on any atom is 0.419 e. The number of amides is 1. The molecule has 0 bridgehead atoms. The first-order chi connectivity index (χ1) is 14.5. The number of anilines is 1. The fourth-order valence-corrected chi connectivity index (χ4v) is 2.59. The lowest BCUT2D eigenvalue weighted by atomic mass is 10.1. The van der Waals surface area contributed by atoms with Crippen LogP contribution in [0.25, 0.3) is 6.08 Å². The molecule has 0 unspecified atom stereocenters. The molecule has 0 atom stereocenters. The summed E-state index contributed by atoms with van der Waals surface area (Å²) in [5, 5.41) is 6.43. The standard InChI is InChI=1S/C20H14F5N3O3/c1-11(29)16-6-4-14(31-16)10-28-9-13(8-26-28)27-17(30)7-3-12-2-5-15(20(23,24)25)19(22)18(12)21/h2-9H,10H2,1H3,(H,27,30)/b7-3+. The van der Waals surface area contributed by atoms with Gasteiger partial charge in [-0.2, -0.15) is 18.3 Å². The van der Waals surface area contributed by atoms with Gasteiger partial charge in [0.1, 0.15) is 5.76 Å². The molecule has 0 aliphatic heterocycles. The van der Waals surface area contributed by atoms with Crippen molar-refractivity contribution in [1.82, 2.24) is 9.78 Å². The molecule has 1 amide bonds. The van der Waals surface area contributed by atoms with Gasteiger partial charge in [0.05, 0.1) is 24.0 Å². The number of hydrogen-bond acceptors (Lipinski definition) is 4. The van der Waals surface area contributed by atoms with Gasteiger partial charge in [0.25, 0.3) is 0 Å². The van der Waals surface area contributed by atoms with Crippen LogP contribution in [-0.4, -0.2) is 21.5 Å². The van der Waals surface area contributed by atoms with E-state index in [1.165, 1.54) is 30.1 Å². The quantitative estimate of drug-likeness (QED) is 0.344. The van der Waals surface area contributed by atoms with Gasteiger partial charge in [-0.1, -0.05) is 6.07 Å². The van der Waals surface area contributed by atoms with Crippen LogP contribution in [0.2, 0.25) is 0 Å². The van der Waals surface area contributed by atoms with Crippen LogP contribution in [0, 0.1) is 11.6 Å². The van der Waals surface area contributed by atoms with Crippen LogP contribution in [-0.2, 0) is 17.5 Å². The molecular weight excluding hydrogens is 425 g/mol. The zero-order chi connectivity index (χ0) is 22.8. The summed E-state index contributed by atoms with van der Waals surface area (Å²) < 4.78 is 71.9. The SMILES string of the molecule is CC(=O)c1ccc(Cn2cc(NC(=O)/C=C/c3ccc(C(F)(F)F)c(F)c3F)cn2)o1. The molecular formula is C20H14F5N3O3. The first kappa shape index (κ1) is 21.9. The minimum atomic E-state index is -5.03. The molecule has 11 heteroatoms. The number of carbonyl (C=O) groups is 2. The Balaban J connectivity index is 1.64. The normalized spacial score (nSPS) is 11.8. The molecule has 1 N–H and O–H groups in total. The second-order valence-corrected chi connectivity index (χ2v) is 6.40. The number of halogens is 5. The monoisotopic (exact) mass is 439 g/mol. The Hall–Kier alpha value is -3.76. The van der Waals surface area contributed by atoms with Crippen molar-refractivity contribution in [1.29, 1.82) is 0 Å². The number of ketones is 1. The number of rotatable bonds is 6. The smallest absolute Gasteiger partial charge is 0.419 e. The van der Waals surface area contributed by atoms with Crippen LogP contribution in [0.15, 0.2) is 47.2 Å². The molecule has 3 rings (SSSR count). The van der Waals surface area contributed by atoms with Crippen LogP contribution in [0.1, 0.15) is 34.4 Å². The highest BCUT2D eigenvalue weighted by Gasteiger charge is 2.35. The van der Waals surface area contributed by atoms with Crippen LogP contribution in [0.3, 0.4) is 0 Å². The Morgan fingerprint density at radius 2 is 1.90 bits per heavy atom. The largest absolute Gasteiger partial charge is 0.456 e. The van der Waals surface area contributed by atoms with Gasteiger partial charge in [-0.05, 0) is 24.3 Å². The highest BCUT2D eigenvalue weighted by molar-refractivity contribution is 6.01. The third-order valence-corrected chi connectivity index (χ3v) is 4.06. The average molecular weight is 439 g/mol. The zero-order valence-electron chi connectivity index (χ0n) is 15.8. The van der Waals surface area contributed by atoms with Crippen molar-refractivity contribution in [2.24, 2.45) is 0 Å². The lowest BCUT2D eigenvalue weighted by molar-refractivity contribution is -0.140. The van der Waals surface area contributed by atoms with E-state index in [0.717, 1.165) is 18.2 Å². The Bertz CT molecular complexity index is 1160. The molecule has 6 nitrogen and oxygen atoms in total. The maximum atomic E-state index is 13.8. The van der Waals surface area contributed by atoms with E-state index in [4.69, 9.17) is 4.42 Å². The van der Waals surface area contributed by atoms with Crippen molar-refractivity contribution >= 4 is 23.5 Å². The molecule has 0 saturated heterocycles. The van der Waals surface area contributed by atoms with Gasteiger partial charge in [-0.3, -0.25) is 14.3 Å². The Kier molecular flexibility index (Phi) is 6.04. The second kappa shape index (κ2) is 8.54. The highest BCUT2D eigenvalue weighted by atomic mass is 19.4. The lowest BCUT2D eigenvalue weighted by Gasteiger charge is -2.09.